The lowest BCUT2D eigenvalue weighted by molar-refractivity contribution is 0.00522. The van der Waals surface area contributed by atoms with Crippen molar-refractivity contribution in [3.05, 3.63) is 21.9 Å². The summed E-state index contributed by atoms with van der Waals surface area (Å²) in [4.78, 5) is 2.80. The lowest BCUT2D eigenvalue weighted by Crippen LogP contribution is -2.34. The molecule has 0 saturated heterocycles. The molecule has 1 saturated carbocycles. The van der Waals surface area contributed by atoms with Crippen LogP contribution in [0.1, 0.15) is 56.2 Å². The van der Waals surface area contributed by atoms with E-state index in [0.29, 0.717) is 11.8 Å². The van der Waals surface area contributed by atoms with Crippen LogP contribution in [0.3, 0.4) is 0 Å². The van der Waals surface area contributed by atoms with Crippen LogP contribution < -0.4 is 0 Å². The molecule has 0 spiro atoms. The second-order valence-corrected chi connectivity index (χ2v) is 7.46. The average molecular weight is 266 g/mol. The first kappa shape index (κ1) is 14.1. The molecule has 1 nitrogen and oxygen atoms in total. The summed E-state index contributed by atoms with van der Waals surface area (Å²) >= 11 is 1.88. The van der Waals surface area contributed by atoms with Gasteiger partial charge in [0, 0.05) is 16.2 Å². The van der Waals surface area contributed by atoms with E-state index in [-0.39, 0.29) is 0 Å². The smallest absolute Gasteiger partial charge is 0.0723 e. The number of rotatable bonds is 7. The Morgan fingerprint density at radius 3 is 2.50 bits per heavy atom. The van der Waals surface area contributed by atoms with Crippen LogP contribution in [-0.2, 0) is 12.8 Å². The van der Waals surface area contributed by atoms with Gasteiger partial charge in [-0.05, 0) is 56.1 Å². The molecule has 2 rings (SSSR count). The molecular weight excluding hydrogens is 240 g/mol. The van der Waals surface area contributed by atoms with Gasteiger partial charge in [-0.25, -0.2) is 0 Å². The monoisotopic (exact) mass is 266 g/mol. The minimum Gasteiger partial charge on any atom is -0.389 e. The Balaban J connectivity index is 2.00. The third-order valence-corrected chi connectivity index (χ3v) is 5.27. The summed E-state index contributed by atoms with van der Waals surface area (Å²) in [5.41, 5.74) is -0.430. The van der Waals surface area contributed by atoms with E-state index in [9.17, 15) is 5.11 Å². The lowest BCUT2D eigenvalue weighted by atomic mass is 9.86. The Kier molecular flexibility index (Phi) is 4.50. The molecule has 1 N–H and O–H groups in total. The van der Waals surface area contributed by atoms with E-state index in [1.807, 2.05) is 11.3 Å². The molecule has 1 aliphatic rings. The molecule has 1 fully saturated rings. The normalized spacial score (nSPS) is 19.2. The maximum Gasteiger partial charge on any atom is 0.0723 e. The third-order valence-electron chi connectivity index (χ3n) is 4.04. The van der Waals surface area contributed by atoms with Crippen molar-refractivity contribution in [3.8, 4) is 0 Å². The van der Waals surface area contributed by atoms with Crippen molar-refractivity contribution in [2.45, 2.75) is 64.9 Å². The Morgan fingerprint density at radius 2 is 2.00 bits per heavy atom. The molecule has 0 radical (unpaired) electrons. The van der Waals surface area contributed by atoms with Crippen LogP contribution >= 0.6 is 11.3 Å². The Hall–Kier alpha value is -0.340. The SMILES string of the molecule is CCc1ccc(CC(O)(CCC(C)C)C2CC2)s1. The standard InChI is InChI=1S/C16H26OS/c1-4-14-7-8-15(18-14)11-16(17,13-5-6-13)10-9-12(2)3/h7-8,12-13,17H,4-6,9-11H2,1-3H3. The minimum atomic E-state index is -0.430. The number of thiophene rings is 1. The van der Waals surface area contributed by atoms with Crippen molar-refractivity contribution >= 4 is 11.3 Å². The van der Waals surface area contributed by atoms with Crippen molar-refractivity contribution in [1.29, 1.82) is 0 Å². The van der Waals surface area contributed by atoms with Crippen LogP contribution in [0.25, 0.3) is 0 Å². The van der Waals surface area contributed by atoms with Crippen LogP contribution in [0, 0.1) is 11.8 Å². The number of aliphatic hydroxyl groups is 1. The highest BCUT2D eigenvalue weighted by Gasteiger charge is 2.43. The van der Waals surface area contributed by atoms with Gasteiger partial charge in [0.15, 0.2) is 0 Å². The molecule has 1 aromatic heterocycles. The fourth-order valence-corrected chi connectivity index (χ4v) is 3.68. The summed E-state index contributed by atoms with van der Waals surface area (Å²) in [6, 6.07) is 4.43. The molecule has 102 valence electrons. The molecule has 1 aromatic rings. The molecule has 0 aromatic carbocycles. The predicted molar refractivity (Wildman–Crippen MR) is 79.1 cm³/mol. The van der Waals surface area contributed by atoms with Crippen molar-refractivity contribution in [2.24, 2.45) is 11.8 Å². The summed E-state index contributed by atoms with van der Waals surface area (Å²) < 4.78 is 0. The van der Waals surface area contributed by atoms with Gasteiger partial charge < -0.3 is 5.11 Å². The molecule has 18 heavy (non-hydrogen) atoms. The van der Waals surface area contributed by atoms with Crippen LogP contribution in [0.2, 0.25) is 0 Å². The van der Waals surface area contributed by atoms with Crippen LogP contribution in [0.15, 0.2) is 12.1 Å². The van der Waals surface area contributed by atoms with Gasteiger partial charge >= 0.3 is 0 Å². The highest BCUT2D eigenvalue weighted by atomic mass is 32.1. The molecule has 0 aliphatic heterocycles. The van der Waals surface area contributed by atoms with Crippen molar-refractivity contribution in [1.82, 2.24) is 0 Å². The van der Waals surface area contributed by atoms with Gasteiger partial charge in [-0.1, -0.05) is 20.8 Å². The fraction of sp³-hybridized carbons (Fsp3) is 0.750. The first-order valence-electron chi connectivity index (χ1n) is 7.33. The maximum absolute atomic E-state index is 10.9. The Labute approximate surface area is 115 Å². The van der Waals surface area contributed by atoms with Gasteiger partial charge in [-0.2, -0.15) is 0 Å². The van der Waals surface area contributed by atoms with Crippen LogP contribution in [0.5, 0.6) is 0 Å². The van der Waals surface area contributed by atoms with E-state index in [1.54, 1.807) is 0 Å². The molecule has 1 atom stereocenters. The van der Waals surface area contributed by atoms with Crippen LogP contribution in [-0.4, -0.2) is 10.7 Å². The zero-order chi connectivity index (χ0) is 13.2. The largest absolute Gasteiger partial charge is 0.389 e. The molecule has 1 unspecified atom stereocenters. The van der Waals surface area contributed by atoms with Gasteiger partial charge in [-0.15, -0.1) is 11.3 Å². The van der Waals surface area contributed by atoms with E-state index in [2.05, 4.69) is 32.9 Å². The van der Waals surface area contributed by atoms with Gasteiger partial charge in [0.05, 0.1) is 5.60 Å². The van der Waals surface area contributed by atoms with E-state index in [4.69, 9.17) is 0 Å². The number of hydrogen-bond donors (Lipinski definition) is 1. The molecule has 2 heteroatoms. The molecule has 1 heterocycles. The molecule has 0 bridgehead atoms. The average Bonchev–Trinajstić information content (AvgIpc) is 3.09. The van der Waals surface area contributed by atoms with Crippen molar-refractivity contribution in [2.75, 3.05) is 0 Å². The second kappa shape index (κ2) is 5.75. The van der Waals surface area contributed by atoms with Crippen molar-refractivity contribution < 1.29 is 5.11 Å². The van der Waals surface area contributed by atoms with Gasteiger partial charge in [0.1, 0.15) is 0 Å². The Morgan fingerprint density at radius 1 is 1.33 bits per heavy atom. The van der Waals surface area contributed by atoms with Gasteiger partial charge in [0.2, 0.25) is 0 Å². The lowest BCUT2D eigenvalue weighted by Gasteiger charge is -2.28. The first-order chi connectivity index (χ1) is 8.53. The maximum atomic E-state index is 10.9. The summed E-state index contributed by atoms with van der Waals surface area (Å²) in [5.74, 6) is 1.24. The highest BCUT2D eigenvalue weighted by Crippen LogP contribution is 2.45. The molecule has 1 aliphatic carbocycles. The topological polar surface area (TPSA) is 20.2 Å². The first-order valence-corrected chi connectivity index (χ1v) is 8.15. The second-order valence-electron chi connectivity index (χ2n) is 6.21. The van der Waals surface area contributed by atoms with E-state index >= 15 is 0 Å². The van der Waals surface area contributed by atoms with E-state index in [1.165, 1.54) is 22.6 Å². The zero-order valence-electron chi connectivity index (χ0n) is 11.9. The number of aryl methyl sites for hydroxylation is 1. The minimum absolute atomic E-state index is 0.430. The third kappa shape index (κ3) is 3.58. The summed E-state index contributed by atoms with van der Waals surface area (Å²) in [6.45, 7) is 6.68. The van der Waals surface area contributed by atoms with E-state index < -0.39 is 5.60 Å². The predicted octanol–water partition coefficient (Wildman–Crippen LogP) is 4.43. The molecular formula is C16H26OS. The summed E-state index contributed by atoms with van der Waals surface area (Å²) in [5, 5.41) is 10.9. The summed E-state index contributed by atoms with van der Waals surface area (Å²) in [7, 11) is 0. The van der Waals surface area contributed by atoms with Gasteiger partial charge in [0.25, 0.3) is 0 Å². The van der Waals surface area contributed by atoms with E-state index in [0.717, 1.165) is 25.7 Å². The zero-order valence-corrected chi connectivity index (χ0v) is 12.7. The highest BCUT2D eigenvalue weighted by molar-refractivity contribution is 7.12. The number of hydrogen-bond acceptors (Lipinski definition) is 2. The van der Waals surface area contributed by atoms with Crippen molar-refractivity contribution in [3.63, 3.8) is 0 Å². The Bertz CT molecular complexity index is 378. The van der Waals surface area contributed by atoms with Gasteiger partial charge in [-0.3, -0.25) is 0 Å². The van der Waals surface area contributed by atoms with Crippen LogP contribution in [0.4, 0.5) is 0 Å². The summed E-state index contributed by atoms with van der Waals surface area (Å²) in [6.07, 6.45) is 6.53. The molecule has 0 amide bonds. The fourth-order valence-electron chi connectivity index (χ4n) is 2.61. The quantitative estimate of drug-likeness (QED) is 0.774.